The number of nitrogens with one attached hydrogen (secondary N) is 1. The van der Waals surface area contributed by atoms with Gasteiger partial charge in [0.15, 0.2) is 5.11 Å². The fraction of sp³-hybridized carbons (Fsp3) is 0.0417. The van der Waals surface area contributed by atoms with E-state index in [1.165, 1.54) is 30.3 Å². The van der Waals surface area contributed by atoms with Gasteiger partial charge in [0, 0.05) is 11.1 Å². The summed E-state index contributed by atoms with van der Waals surface area (Å²) in [4.78, 5) is 26.5. The Morgan fingerprint density at radius 1 is 0.906 bits per heavy atom. The molecule has 0 aromatic heterocycles. The second-order valence-electron chi connectivity index (χ2n) is 6.83. The van der Waals surface area contributed by atoms with Gasteiger partial charge in [0.25, 0.3) is 11.8 Å². The molecule has 1 saturated heterocycles. The maximum absolute atomic E-state index is 14.3. The number of amides is 2. The molecule has 0 aliphatic carbocycles. The SMILES string of the molecule is O=C1NC(=S)N(c2ccccc2F)C(=O)C1=Cc1ccccc1OCc1ccccc1F. The standard InChI is InChI=1S/C24H16F2N2O3S/c25-18-9-3-1-8-16(18)14-31-21-12-6-2-7-15(21)13-17-22(29)27-24(32)28(23(17)30)20-11-5-4-10-19(20)26/h1-13H,14H2,(H,27,29,32). The van der Waals surface area contributed by atoms with Gasteiger partial charge in [0.05, 0.1) is 5.69 Å². The summed E-state index contributed by atoms with van der Waals surface area (Å²) in [6.07, 6.45) is 1.34. The second-order valence-corrected chi connectivity index (χ2v) is 7.21. The van der Waals surface area contributed by atoms with E-state index < -0.39 is 23.4 Å². The number of halogens is 2. The van der Waals surface area contributed by atoms with E-state index in [1.54, 1.807) is 48.5 Å². The Balaban J connectivity index is 1.66. The van der Waals surface area contributed by atoms with E-state index in [4.69, 9.17) is 17.0 Å². The van der Waals surface area contributed by atoms with Crippen molar-refractivity contribution in [3.8, 4) is 5.75 Å². The molecule has 8 heteroatoms. The quantitative estimate of drug-likeness (QED) is 0.356. The average Bonchev–Trinajstić information content (AvgIpc) is 2.78. The molecule has 1 heterocycles. The van der Waals surface area contributed by atoms with Crippen molar-refractivity contribution in [2.24, 2.45) is 0 Å². The van der Waals surface area contributed by atoms with Crippen LogP contribution in [0.3, 0.4) is 0 Å². The van der Waals surface area contributed by atoms with Gasteiger partial charge in [-0.05, 0) is 42.6 Å². The van der Waals surface area contributed by atoms with Crippen LogP contribution < -0.4 is 15.0 Å². The molecule has 5 nitrogen and oxygen atoms in total. The highest BCUT2D eigenvalue weighted by atomic mass is 32.1. The molecule has 1 fully saturated rings. The van der Waals surface area contributed by atoms with Crippen LogP contribution >= 0.6 is 12.2 Å². The van der Waals surface area contributed by atoms with Gasteiger partial charge < -0.3 is 4.74 Å². The van der Waals surface area contributed by atoms with Crippen LogP contribution in [0.5, 0.6) is 5.75 Å². The third-order valence-corrected chi connectivity index (χ3v) is 5.04. The maximum Gasteiger partial charge on any atom is 0.270 e. The number of ether oxygens (including phenoxy) is 1. The number of nitrogens with zero attached hydrogens (tertiary/aromatic N) is 1. The van der Waals surface area contributed by atoms with E-state index in [-0.39, 0.29) is 23.0 Å². The highest BCUT2D eigenvalue weighted by Gasteiger charge is 2.35. The lowest BCUT2D eigenvalue weighted by Gasteiger charge is -2.29. The molecule has 0 atom stereocenters. The van der Waals surface area contributed by atoms with Crippen molar-refractivity contribution >= 4 is 40.9 Å². The van der Waals surface area contributed by atoms with Crippen molar-refractivity contribution in [3.63, 3.8) is 0 Å². The van der Waals surface area contributed by atoms with Gasteiger partial charge in [-0.3, -0.25) is 14.9 Å². The molecule has 32 heavy (non-hydrogen) atoms. The summed E-state index contributed by atoms with van der Waals surface area (Å²) in [5.74, 6) is -2.20. The van der Waals surface area contributed by atoms with Crippen LogP contribution in [0.15, 0.2) is 78.4 Å². The van der Waals surface area contributed by atoms with E-state index in [0.717, 1.165) is 4.90 Å². The molecule has 0 unspecified atom stereocenters. The molecule has 2 amide bonds. The summed E-state index contributed by atoms with van der Waals surface area (Å²) >= 11 is 5.09. The van der Waals surface area contributed by atoms with E-state index in [9.17, 15) is 18.4 Å². The average molecular weight is 450 g/mol. The number of anilines is 1. The summed E-state index contributed by atoms with van der Waals surface area (Å²) in [6.45, 7) is -0.0432. The molecule has 1 aliphatic heterocycles. The van der Waals surface area contributed by atoms with Gasteiger partial charge in [-0.15, -0.1) is 0 Å². The van der Waals surface area contributed by atoms with Crippen molar-refractivity contribution in [2.45, 2.75) is 6.61 Å². The van der Waals surface area contributed by atoms with Gasteiger partial charge in [0.1, 0.15) is 29.6 Å². The Bertz CT molecular complexity index is 1260. The third kappa shape index (κ3) is 4.26. The molecule has 0 bridgehead atoms. The lowest BCUT2D eigenvalue weighted by molar-refractivity contribution is -0.122. The Morgan fingerprint density at radius 2 is 1.56 bits per heavy atom. The first kappa shape index (κ1) is 21.3. The van der Waals surface area contributed by atoms with E-state index >= 15 is 0 Å². The van der Waals surface area contributed by atoms with Gasteiger partial charge in [0.2, 0.25) is 0 Å². The molecular weight excluding hydrogens is 434 g/mol. The number of thiocarbonyl (C=S) groups is 1. The largest absolute Gasteiger partial charge is 0.488 e. The summed E-state index contributed by atoms with van der Waals surface area (Å²) in [5.41, 5.74) is 0.461. The first-order chi connectivity index (χ1) is 15.5. The Kier molecular flexibility index (Phi) is 6.04. The van der Waals surface area contributed by atoms with Crippen molar-refractivity contribution in [1.29, 1.82) is 0 Å². The van der Waals surface area contributed by atoms with Crippen LogP contribution in [0.4, 0.5) is 14.5 Å². The number of carbonyl (C=O) groups is 2. The maximum atomic E-state index is 14.3. The van der Waals surface area contributed by atoms with Gasteiger partial charge in [-0.25, -0.2) is 13.7 Å². The molecule has 0 spiro atoms. The summed E-state index contributed by atoms with van der Waals surface area (Å²) in [5, 5.41) is 2.20. The lowest BCUT2D eigenvalue weighted by Crippen LogP contribution is -2.54. The van der Waals surface area contributed by atoms with Crippen LogP contribution in [0.1, 0.15) is 11.1 Å². The topological polar surface area (TPSA) is 58.6 Å². The van der Waals surface area contributed by atoms with Gasteiger partial charge >= 0.3 is 0 Å². The first-order valence-corrected chi connectivity index (χ1v) is 9.98. The van der Waals surface area contributed by atoms with Crippen molar-refractivity contribution in [1.82, 2.24) is 5.32 Å². The number of hydrogen-bond acceptors (Lipinski definition) is 4. The Labute approximate surface area is 187 Å². The second kappa shape index (κ2) is 9.07. The van der Waals surface area contributed by atoms with Gasteiger partial charge in [-0.2, -0.15) is 0 Å². The smallest absolute Gasteiger partial charge is 0.270 e. The zero-order valence-electron chi connectivity index (χ0n) is 16.5. The summed E-state index contributed by atoms with van der Waals surface area (Å²) < 4.78 is 33.9. The van der Waals surface area contributed by atoms with E-state index in [0.29, 0.717) is 16.9 Å². The summed E-state index contributed by atoms with van der Waals surface area (Å²) in [7, 11) is 0. The van der Waals surface area contributed by atoms with Crippen LogP contribution in [0.25, 0.3) is 6.08 Å². The minimum absolute atomic E-state index is 0.0432. The summed E-state index contributed by atoms with van der Waals surface area (Å²) in [6, 6.07) is 18.5. The van der Waals surface area contributed by atoms with Crippen LogP contribution in [0.2, 0.25) is 0 Å². The molecule has 4 rings (SSSR count). The van der Waals surface area contributed by atoms with E-state index in [2.05, 4.69) is 5.32 Å². The van der Waals surface area contributed by atoms with Crippen molar-refractivity contribution in [3.05, 3.63) is 101 Å². The van der Waals surface area contributed by atoms with Crippen LogP contribution in [0, 0.1) is 11.6 Å². The predicted octanol–water partition coefficient (Wildman–Crippen LogP) is 4.38. The molecule has 1 aliphatic rings. The Morgan fingerprint density at radius 3 is 2.31 bits per heavy atom. The number of para-hydroxylation sites is 2. The fourth-order valence-electron chi connectivity index (χ4n) is 3.17. The van der Waals surface area contributed by atoms with Crippen molar-refractivity contribution < 1.29 is 23.1 Å². The highest BCUT2D eigenvalue weighted by Crippen LogP contribution is 2.27. The number of benzene rings is 3. The fourth-order valence-corrected chi connectivity index (χ4v) is 3.44. The molecule has 0 radical (unpaired) electrons. The van der Waals surface area contributed by atoms with Crippen molar-refractivity contribution in [2.75, 3.05) is 4.90 Å². The molecule has 1 N–H and O–H groups in total. The minimum atomic E-state index is -0.771. The number of hydrogen-bond donors (Lipinski definition) is 1. The lowest BCUT2D eigenvalue weighted by atomic mass is 10.1. The molecular formula is C24H16F2N2O3S. The number of rotatable bonds is 5. The monoisotopic (exact) mass is 450 g/mol. The number of carbonyl (C=O) groups excluding carboxylic acids is 2. The molecule has 0 saturated carbocycles. The zero-order chi connectivity index (χ0) is 22.7. The normalized spacial score (nSPS) is 15.1. The first-order valence-electron chi connectivity index (χ1n) is 9.57. The Hall–Kier alpha value is -3.91. The molecule has 3 aromatic rings. The minimum Gasteiger partial charge on any atom is -0.488 e. The van der Waals surface area contributed by atoms with Crippen LogP contribution in [-0.4, -0.2) is 16.9 Å². The van der Waals surface area contributed by atoms with Gasteiger partial charge in [-0.1, -0.05) is 48.5 Å². The highest BCUT2D eigenvalue weighted by molar-refractivity contribution is 7.80. The predicted molar refractivity (Wildman–Crippen MR) is 120 cm³/mol. The van der Waals surface area contributed by atoms with Crippen LogP contribution in [-0.2, 0) is 16.2 Å². The third-order valence-electron chi connectivity index (χ3n) is 4.75. The van der Waals surface area contributed by atoms with E-state index in [1.807, 2.05) is 0 Å². The molecule has 160 valence electrons. The molecule has 3 aromatic carbocycles. The zero-order valence-corrected chi connectivity index (χ0v) is 17.4.